The third kappa shape index (κ3) is 5.21. The molecule has 3 rings (SSSR count). The zero-order valence-corrected chi connectivity index (χ0v) is 14.6. The Balaban J connectivity index is 1.82. The van der Waals surface area contributed by atoms with Crippen molar-refractivity contribution in [3.05, 3.63) is 90.0 Å². The molecule has 126 valence electrons. The molecule has 0 spiro atoms. The van der Waals surface area contributed by atoms with Gasteiger partial charge in [0.1, 0.15) is 18.2 Å². The lowest BCUT2D eigenvalue weighted by atomic mass is 10.2. The Morgan fingerprint density at radius 3 is 2.28 bits per heavy atom. The molecule has 3 heteroatoms. The number of para-hydroxylation sites is 1. The molecule has 0 aliphatic rings. The van der Waals surface area contributed by atoms with Crippen LogP contribution < -0.4 is 10.1 Å². The molecule has 0 heterocycles. The molecular weight excluding hydrogens is 308 g/mol. The Hall–Kier alpha value is -3.07. The number of benzene rings is 3. The summed E-state index contributed by atoms with van der Waals surface area (Å²) in [4.78, 5) is 4.74. The maximum absolute atomic E-state index is 5.88. The summed E-state index contributed by atoms with van der Waals surface area (Å²) < 4.78 is 5.88. The molecule has 0 unspecified atom stereocenters. The quantitative estimate of drug-likeness (QED) is 0.493. The molecule has 25 heavy (non-hydrogen) atoms. The van der Waals surface area contributed by atoms with Gasteiger partial charge in [0.2, 0.25) is 0 Å². The average Bonchev–Trinajstić information content (AvgIpc) is 2.61. The number of anilines is 1. The minimum atomic E-state index is 0.367. The van der Waals surface area contributed by atoms with E-state index in [2.05, 4.69) is 43.4 Å². The van der Waals surface area contributed by atoms with Gasteiger partial charge >= 0.3 is 0 Å². The molecule has 0 saturated carbocycles. The number of aryl methyl sites for hydroxylation is 2. The van der Waals surface area contributed by atoms with Crippen molar-refractivity contribution in [2.45, 2.75) is 13.8 Å². The van der Waals surface area contributed by atoms with Crippen molar-refractivity contribution in [2.75, 3.05) is 11.9 Å². The van der Waals surface area contributed by atoms with E-state index in [0.29, 0.717) is 6.61 Å². The zero-order chi connectivity index (χ0) is 17.5. The summed E-state index contributed by atoms with van der Waals surface area (Å²) in [6.07, 6.45) is 0. The fourth-order valence-corrected chi connectivity index (χ4v) is 2.51. The number of nitrogens with one attached hydrogen (secondary N) is 1. The molecule has 0 aliphatic carbocycles. The summed E-state index contributed by atoms with van der Waals surface area (Å²) in [5.41, 5.74) is 4.29. The fourth-order valence-electron chi connectivity index (χ4n) is 2.51. The first kappa shape index (κ1) is 16.8. The van der Waals surface area contributed by atoms with Gasteiger partial charge in [-0.2, -0.15) is 0 Å². The van der Waals surface area contributed by atoms with Crippen LogP contribution in [0.25, 0.3) is 0 Å². The van der Waals surface area contributed by atoms with Crippen molar-refractivity contribution < 1.29 is 4.74 Å². The second-order valence-corrected chi connectivity index (χ2v) is 5.99. The maximum atomic E-state index is 5.88. The SMILES string of the molecule is Cc1cccc(N=C(COc2ccccc2)Nc2cccc(C)c2)c1. The van der Waals surface area contributed by atoms with Gasteiger partial charge in [-0.3, -0.25) is 0 Å². The standard InChI is InChI=1S/C22H22N2O/c1-17-8-6-10-19(14-17)23-22(16-25-21-12-4-3-5-13-21)24-20-11-7-9-18(2)15-20/h3-15H,16H2,1-2H3,(H,23,24). The molecule has 0 amide bonds. The number of aliphatic imine (C=N–C) groups is 1. The van der Waals surface area contributed by atoms with E-state index >= 15 is 0 Å². The van der Waals surface area contributed by atoms with Crippen LogP contribution >= 0.6 is 0 Å². The highest BCUT2D eigenvalue weighted by molar-refractivity contribution is 5.98. The molecule has 0 saturated heterocycles. The number of amidine groups is 1. The van der Waals surface area contributed by atoms with E-state index in [0.717, 1.165) is 23.0 Å². The molecule has 0 atom stereocenters. The van der Waals surface area contributed by atoms with Crippen LogP contribution in [0, 0.1) is 13.8 Å². The second-order valence-electron chi connectivity index (χ2n) is 5.99. The average molecular weight is 330 g/mol. The van der Waals surface area contributed by atoms with Gasteiger partial charge in [0.25, 0.3) is 0 Å². The van der Waals surface area contributed by atoms with Crippen molar-refractivity contribution in [1.82, 2.24) is 0 Å². The number of hydrogen-bond acceptors (Lipinski definition) is 2. The maximum Gasteiger partial charge on any atom is 0.146 e. The van der Waals surface area contributed by atoms with Gasteiger partial charge in [-0.15, -0.1) is 0 Å². The second kappa shape index (κ2) is 8.15. The van der Waals surface area contributed by atoms with Crippen LogP contribution in [-0.2, 0) is 0 Å². The lowest BCUT2D eigenvalue weighted by Crippen LogP contribution is -2.20. The fraction of sp³-hybridized carbons (Fsp3) is 0.136. The smallest absolute Gasteiger partial charge is 0.146 e. The predicted molar refractivity (Wildman–Crippen MR) is 105 cm³/mol. The van der Waals surface area contributed by atoms with Gasteiger partial charge in [-0.05, 0) is 61.4 Å². The normalized spacial score (nSPS) is 11.2. The van der Waals surface area contributed by atoms with E-state index in [1.165, 1.54) is 11.1 Å². The largest absolute Gasteiger partial charge is 0.486 e. The topological polar surface area (TPSA) is 33.6 Å². The van der Waals surface area contributed by atoms with E-state index in [1.807, 2.05) is 54.6 Å². The molecule has 0 aliphatic heterocycles. The number of ether oxygens (including phenoxy) is 1. The number of hydrogen-bond donors (Lipinski definition) is 1. The first-order chi connectivity index (χ1) is 12.2. The predicted octanol–water partition coefficient (Wildman–Crippen LogP) is 5.52. The van der Waals surface area contributed by atoms with Crippen molar-refractivity contribution in [1.29, 1.82) is 0 Å². The van der Waals surface area contributed by atoms with Gasteiger partial charge < -0.3 is 10.1 Å². The van der Waals surface area contributed by atoms with Gasteiger partial charge in [-0.25, -0.2) is 4.99 Å². The lowest BCUT2D eigenvalue weighted by molar-refractivity contribution is 0.376. The van der Waals surface area contributed by atoms with E-state index in [-0.39, 0.29) is 0 Å². The molecule has 0 radical (unpaired) electrons. The first-order valence-corrected chi connectivity index (χ1v) is 8.35. The van der Waals surface area contributed by atoms with E-state index in [4.69, 9.17) is 9.73 Å². The lowest BCUT2D eigenvalue weighted by Gasteiger charge is -2.12. The third-order valence-corrected chi connectivity index (χ3v) is 3.69. The summed E-state index contributed by atoms with van der Waals surface area (Å²) in [7, 11) is 0. The number of rotatable bonds is 5. The molecule has 3 aromatic rings. The Morgan fingerprint density at radius 2 is 1.56 bits per heavy atom. The van der Waals surface area contributed by atoms with E-state index in [9.17, 15) is 0 Å². The summed E-state index contributed by atoms with van der Waals surface area (Å²) >= 11 is 0. The summed E-state index contributed by atoms with van der Waals surface area (Å²) in [5, 5.41) is 3.38. The zero-order valence-electron chi connectivity index (χ0n) is 14.6. The summed E-state index contributed by atoms with van der Waals surface area (Å²) in [5.74, 6) is 1.59. The minimum Gasteiger partial charge on any atom is -0.486 e. The Kier molecular flexibility index (Phi) is 5.47. The highest BCUT2D eigenvalue weighted by Crippen LogP contribution is 2.16. The van der Waals surface area contributed by atoms with Gasteiger partial charge in [0.15, 0.2) is 0 Å². The van der Waals surface area contributed by atoms with E-state index < -0.39 is 0 Å². The molecule has 1 N–H and O–H groups in total. The van der Waals surface area contributed by atoms with Crippen LogP contribution in [-0.4, -0.2) is 12.4 Å². The number of nitrogens with zero attached hydrogens (tertiary/aromatic N) is 1. The molecule has 0 aromatic heterocycles. The van der Waals surface area contributed by atoms with Crippen LogP contribution in [0.2, 0.25) is 0 Å². The minimum absolute atomic E-state index is 0.367. The molecular formula is C22H22N2O. The molecule has 0 fully saturated rings. The summed E-state index contributed by atoms with van der Waals surface area (Å²) in [6.45, 7) is 4.50. The molecule has 3 nitrogen and oxygen atoms in total. The Labute approximate surface area is 149 Å². The van der Waals surface area contributed by atoms with Crippen molar-refractivity contribution in [2.24, 2.45) is 4.99 Å². The van der Waals surface area contributed by atoms with Gasteiger partial charge in [-0.1, -0.05) is 42.5 Å². The first-order valence-electron chi connectivity index (χ1n) is 8.35. The van der Waals surface area contributed by atoms with Crippen LogP contribution in [0.3, 0.4) is 0 Å². The van der Waals surface area contributed by atoms with Crippen LogP contribution in [0.4, 0.5) is 11.4 Å². The van der Waals surface area contributed by atoms with Crippen LogP contribution in [0.5, 0.6) is 5.75 Å². The van der Waals surface area contributed by atoms with Gasteiger partial charge in [0.05, 0.1) is 5.69 Å². The van der Waals surface area contributed by atoms with Crippen molar-refractivity contribution in [3.8, 4) is 5.75 Å². The highest BCUT2D eigenvalue weighted by atomic mass is 16.5. The summed E-state index contributed by atoms with van der Waals surface area (Å²) in [6, 6.07) is 26.1. The highest BCUT2D eigenvalue weighted by Gasteiger charge is 2.04. The monoisotopic (exact) mass is 330 g/mol. The van der Waals surface area contributed by atoms with Gasteiger partial charge in [0, 0.05) is 5.69 Å². The van der Waals surface area contributed by atoms with Crippen molar-refractivity contribution in [3.63, 3.8) is 0 Å². The van der Waals surface area contributed by atoms with Crippen molar-refractivity contribution >= 4 is 17.2 Å². The van der Waals surface area contributed by atoms with E-state index in [1.54, 1.807) is 0 Å². The molecule has 0 bridgehead atoms. The third-order valence-electron chi connectivity index (χ3n) is 3.69. The Bertz CT molecular complexity index is 857. The molecule has 3 aromatic carbocycles. The van der Waals surface area contributed by atoms with Crippen LogP contribution in [0.15, 0.2) is 83.9 Å². The van der Waals surface area contributed by atoms with Crippen LogP contribution in [0.1, 0.15) is 11.1 Å². The Morgan fingerprint density at radius 1 is 0.840 bits per heavy atom.